The molecule has 2 aromatic rings. The molecule has 0 radical (unpaired) electrons. The Morgan fingerprint density at radius 1 is 1.26 bits per heavy atom. The van der Waals surface area contributed by atoms with E-state index in [9.17, 15) is 10.1 Å². The Kier molecular flexibility index (Phi) is 3.57. The zero-order valence-electron chi connectivity index (χ0n) is 10.8. The summed E-state index contributed by atoms with van der Waals surface area (Å²) in [6.07, 6.45) is 3.32. The molecule has 5 heteroatoms. The van der Waals surface area contributed by atoms with Crippen molar-refractivity contribution in [2.24, 2.45) is 5.73 Å². The molecule has 1 unspecified atom stereocenters. The van der Waals surface area contributed by atoms with Gasteiger partial charge in [0.15, 0.2) is 0 Å². The molecule has 0 aliphatic carbocycles. The minimum absolute atomic E-state index is 0.0719. The lowest BCUT2D eigenvalue weighted by atomic mass is 9.93. The molecule has 1 aromatic carbocycles. The molecule has 1 aromatic heterocycles. The van der Waals surface area contributed by atoms with Crippen LogP contribution in [0.2, 0.25) is 0 Å². The zero-order valence-corrected chi connectivity index (χ0v) is 10.8. The van der Waals surface area contributed by atoms with Gasteiger partial charge in [-0.15, -0.1) is 0 Å². The first-order valence-corrected chi connectivity index (χ1v) is 5.91. The Morgan fingerprint density at radius 3 is 2.47 bits per heavy atom. The van der Waals surface area contributed by atoms with Crippen molar-refractivity contribution in [2.75, 3.05) is 0 Å². The molecule has 2 rings (SSSR count). The van der Waals surface area contributed by atoms with Gasteiger partial charge in [0.2, 0.25) is 0 Å². The number of hydrogen-bond acceptors (Lipinski definition) is 4. The molecule has 5 nitrogen and oxygen atoms in total. The third-order valence-electron chi connectivity index (χ3n) is 3.30. The summed E-state index contributed by atoms with van der Waals surface area (Å²) in [4.78, 5) is 14.5. The smallest absolute Gasteiger partial charge is 0.270 e. The average molecular weight is 257 g/mol. The first kappa shape index (κ1) is 13.2. The van der Waals surface area contributed by atoms with E-state index in [2.05, 4.69) is 4.98 Å². The van der Waals surface area contributed by atoms with Gasteiger partial charge in [0, 0.05) is 24.5 Å². The van der Waals surface area contributed by atoms with Crippen molar-refractivity contribution in [1.29, 1.82) is 0 Å². The molecule has 0 bridgehead atoms. The molecule has 0 spiro atoms. The molecular formula is C14H15N3O2. The van der Waals surface area contributed by atoms with Gasteiger partial charge in [0.1, 0.15) is 0 Å². The van der Waals surface area contributed by atoms with Crippen LogP contribution < -0.4 is 5.73 Å². The van der Waals surface area contributed by atoms with Crippen LogP contribution in [0.5, 0.6) is 0 Å². The van der Waals surface area contributed by atoms with Gasteiger partial charge >= 0.3 is 0 Å². The lowest BCUT2D eigenvalue weighted by Gasteiger charge is -2.16. The molecule has 1 atom stereocenters. The number of nitro groups is 1. The van der Waals surface area contributed by atoms with Crippen LogP contribution >= 0.6 is 0 Å². The van der Waals surface area contributed by atoms with Gasteiger partial charge in [-0.05, 0) is 48.2 Å². The number of nitro benzene ring substituents is 1. The monoisotopic (exact) mass is 257 g/mol. The summed E-state index contributed by atoms with van der Waals surface area (Å²) in [5, 5.41) is 10.9. The summed E-state index contributed by atoms with van der Waals surface area (Å²) in [7, 11) is 0. The Hall–Kier alpha value is -2.27. The fourth-order valence-electron chi connectivity index (χ4n) is 2.05. The van der Waals surface area contributed by atoms with Crippen LogP contribution in [0.4, 0.5) is 5.69 Å². The van der Waals surface area contributed by atoms with Crippen LogP contribution in [-0.2, 0) is 0 Å². The number of aromatic nitrogens is 1. The third-order valence-corrected chi connectivity index (χ3v) is 3.30. The lowest BCUT2D eigenvalue weighted by Crippen LogP contribution is -2.14. The molecule has 0 saturated carbocycles. The topological polar surface area (TPSA) is 82.0 Å². The lowest BCUT2D eigenvalue weighted by molar-refractivity contribution is -0.385. The van der Waals surface area contributed by atoms with E-state index in [1.807, 2.05) is 26.0 Å². The van der Waals surface area contributed by atoms with Crippen LogP contribution in [0.3, 0.4) is 0 Å². The number of benzene rings is 1. The minimum Gasteiger partial charge on any atom is -0.320 e. The largest absolute Gasteiger partial charge is 0.320 e. The van der Waals surface area contributed by atoms with Crippen molar-refractivity contribution in [1.82, 2.24) is 4.98 Å². The standard InChI is InChI=1S/C14H15N3O2/c1-9-7-12(17(18)19)8-13(10(9)2)14(15)11-3-5-16-6-4-11/h3-8,14H,15H2,1-2H3. The molecule has 2 N–H and O–H groups in total. The van der Waals surface area contributed by atoms with Crippen LogP contribution in [0.1, 0.15) is 28.3 Å². The highest BCUT2D eigenvalue weighted by Gasteiger charge is 2.17. The third kappa shape index (κ3) is 2.61. The van der Waals surface area contributed by atoms with E-state index < -0.39 is 4.92 Å². The average Bonchev–Trinajstić information content (AvgIpc) is 2.41. The van der Waals surface area contributed by atoms with Crippen molar-refractivity contribution < 1.29 is 4.92 Å². The number of rotatable bonds is 3. The first-order chi connectivity index (χ1) is 9.00. The number of nitrogens with zero attached hydrogens (tertiary/aromatic N) is 2. The predicted molar refractivity (Wildman–Crippen MR) is 72.8 cm³/mol. The quantitative estimate of drug-likeness (QED) is 0.677. The maximum absolute atomic E-state index is 10.9. The van der Waals surface area contributed by atoms with Gasteiger partial charge in [-0.3, -0.25) is 15.1 Å². The summed E-state index contributed by atoms with van der Waals surface area (Å²) in [6.45, 7) is 3.78. The zero-order chi connectivity index (χ0) is 14.0. The van der Waals surface area contributed by atoms with Crippen molar-refractivity contribution in [3.05, 3.63) is 69.0 Å². The summed E-state index contributed by atoms with van der Waals surface area (Å²) in [5.41, 5.74) is 9.79. The Balaban J connectivity index is 2.52. The Labute approximate surface area is 111 Å². The summed E-state index contributed by atoms with van der Waals surface area (Å²) in [5.74, 6) is 0. The summed E-state index contributed by atoms with van der Waals surface area (Å²) < 4.78 is 0. The second-order valence-electron chi connectivity index (χ2n) is 4.49. The van der Waals surface area contributed by atoms with Crippen LogP contribution in [0.15, 0.2) is 36.7 Å². The number of aryl methyl sites for hydroxylation is 1. The molecule has 0 amide bonds. The molecule has 1 heterocycles. The van der Waals surface area contributed by atoms with Gasteiger partial charge < -0.3 is 5.73 Å². The van der Waals surface area contributed by atoms with E-state index in [-0.39, 0.29) is 11.7 Å². The summed E-state index contributed by atoms with van der Waals surface area (Å²) in [6, 6.07) is 6.36. The maximum atomic E-state index is 10.9. The molecule has 0 aliphatic rings. The maximum Gasteiger partial charge on any atom is 0.270 e. The molecule has 19 heavy (non-hydrogen) atoms. The van der Waals surface area contributed by atoms with Crippen LogP contribution in [0.25, 0.3) is 0 Å². The fraction of sp³-hybridized carbons (Fsp3) is 0.214. The highest BCUT2D eigenvalue weighted by molar-refractivity contribution is 5.48. The Bertz CT molecular complexity index is 612. The van der Waals surface area contributed by atoms with Gasteiger partial charge in [-0.1, -0.05) is 0 Å². The van der Waals surface area contributed by atoms with Crippen molar-refractivity contribution in [3.8, 4) is 0 Å². The van der Waals surface area contributed by atoms with E-state index in [1.165, 1.54) is 0 Å². The summed E-state index contributed by atoms with van der Waals surface area (Å²) >= 11 is 0. The van der Waals surface area contributed by atoms with Gasteiger partial charge in [0.25, 0.3) is 5.69 Å². The van der Waals surface area contributed by atoms with E-state index in [0.29, 0.717) is 0 Å². The number of non-ortho nitro benzene ring substituents is 1. The van der Waals surface area contributed by atoms with Crippen LogP contribution in [0, 0.1) is 24.0 Å². The molecular weight excluding hydrogens is 242 g/mol. The second kappa shape index (κ2) is 5.16. The SMILES string of the molecule is Cc1cc([N+](=O)[O-])cc(C(N)c2ccncc2)c1C. The van der Waals surface area contributed by atoms with Crippen molar-refractivity contribution in [2.45, 2.75) is 19.9 Å². The Morgan fingerprint density at radius 2 is 1.89 bits per heavy atom. The molecule has 0 fully saturated rings. The second-order valence-corrected chi connectivity index (χ2v) is 4.49. The molecule has 0 aliphatic heterocycles. The molecule has 0 saturated heterocycles. The number of nitrogens with two attached hydrogens (primary N) is 1. The van der Waals surface area contributed by atoms with Crippen LogP contribution in [-0.4, -0.2) is 9.91 Å². The molecule has 98 valence electrons. The van der Waals surface area contributed by atoms with E-state index in [4.69, 9.17) is 5.73 Å². The van der Waals surface area contributed by atoms with E-state index in [0.717, 1.165) is 22.3 Å². The minimum atomic E-state index is -0.394. The number of hydrogen-bond donors (Lipinski definition) is 1. The highest BCUT2D eigenvalue weighted by atomic mass is 16.6. The van der Waals surface area contributed by atoms with Gasteiger partial charge in [0.05, 0.1) is 11.0 Å². The first-order valence-electron chi connectivity index (χ1n) is 5.91. The predicted octanol–water partition coefficient (Wildman–Crippen LogP) is 2.65. The van der Waals surface area contributed by atoms with Gasteiger partial charge in [-0.25, -0.2) is 0 Å². The van der Waals surface area contributed by atoms with Gasteiger partial charge in [-0.2, -0.15) is 0 Å². The number of pyridine rings is 1. The van der Waals surface area contributed by atoms with E-state index in [1.54, 1.807) is 24.5 Å². The highest BCUT2D eigenvalue weighted by Crippen LogP contribution is 2.28. The van der Waals surface area contributed by atoms with E-state index >= 15 is 0 Å². The normalized spacial score (nSPS) is 12.2. The van der Waals surface area contributed by atoms with Crippen molar-refractivity contribution >= 4 is 5.69 Å². The fourth-order valence-corrected chi connectivity index (χ4v) is 2.05. The van der Waals surface area contributed by atoms with Crippen molar-refractivity contribution in [3.63, 3.8) is 0 Å².